The second-order valence-corrected chi connectivity index (χ2v) is 3.41. The zero-order valence-corrected chi connectivity index (χ0v) is 9.15. The topological polar surface area (TPSA) is 71.1 Å². The molecule has 84 valence electrons. The molecule has 6 nitrogen and oxygen atoms in total. The van der Waals surface area contributed by atoms with Crippen LogP contribution in [-0.2, 0) is 4.84 Å². The highest BCUT2D eigenvalue weighted by Crippen LogP contribution is 1.98. The molecule has 14 heavy (non-hydrogen) atoms. The number of nitrogens with zero attached hydrogens (tertiary/aromatic N) is 3. The number of hydrogen-bond acceptors (Lipinski definition) is 4. The lowest BCUT2D eigenvalue weighted by Gasteiger charge is -2.12. The maximum absolute atomic E-state index is 11.1. The van der Waals surface area contributed by atoms with E-state index in [1.54, 1.807) is 14.0 Å². The van der Waals surface area contributed by atoms with Crippen molar-refractivity contribution in [2.75, 3.05) is 20.2 Å². The van der Waals surface area contributed by atoms with E-state index in [4.69, 9.17) is 16.7 Å². The van der Waals surface area contributed by atoms with E-state index in [2.05, 4.69) is 10.1 Å². The molecule has 0 amide bonds. The van der Waals surface area contributed by atoms with Gasteiger partial charge in [0, 0.05) is 6.61 Å². The highest BCUT2D eigenvalue weighted by atomic mass is 35.5. The molecule has 0 aliphatic heterocycles. The van der Waals surface area contributed by atoms with Crippen LogP contribution in [0.1, 0.15) is 19.8 Å². The Hall–Kier alpha value is -0.750. The summed E-state index contributed by atoms with van der Waals surface area (Å²) in [4.78, 5) is 4.87. The fourth-order valence-electron chi connectivity index (χ4n) is 0.706. The first-order chi connectivity index (χ1) is 6.57. The first kappa shape index (κ1) is 13.2. The Morgan fingerprint density at radius 1 is 1.64 bits per heavy atom. The molecule has 7 heteroatoms. The Morgan fingerprint density at radius 2 is 2.29 bits per heavy atom. The van der Waals surface area contributed by atoms with Crippen molar-refractivity contribution in [3.05, 3.63) is 5.21 Å². The van der Waals surface area contributed by atoms with Crippen LogP contribution in [0.5, 0.6) is 0 Å². The van der Waals surface area contributed by atoms with E-state index in [1.165, 1.54) is 5.01 Å². The van der Waals surface area contributed by atoms with Crippen LogP contribution in [0.2, 0.25) is 0 Å². The van der Waals surface area contributed by atoms with Gasteiger partial charge in [-0.1, -0.05) is 11.6 Å². The summed E-state index contributed by atoms with van der Waals surface area (Å²) in [6.07, 6.45) is 1.38. The molecule has 0 spiro atoms. The fourth-order valence-corrected chi connectivity index (χ4v) is 0.741. The Balaban J connectivity index is 3.73. The van der Waals surface area contributed by atoms with Gasteiger partial charge in [0.05, 0.1) is 18.6 Å². The number of unbranched alkanes of at least 4 members (excludes halogenated alkanes) is 1. The number of aliphatic hydroxyl groups excluding tert-OH is 1. The van der Waals surface area contributed by atoms with Crippen LogP contribution in [0.15, 0.2) is 5.28 Å². The molecule has 0 heterocycles. The van der Waals surface area contributed by atoms with E-state index in [-0.39, 0.29) is 6.61 Å². The van der Waals surface area contributed by atoms with Crippen molar-refractivity contribution in [2.24, 2.45) is 5.28 Å². The molecule has 1 N–H and O–H groups in total. The molecule has 0 saturated heterocycles. The van der Waals surface area contributed by atoms with E-state index in [0.717, 1.165) is 6.42 Å². The van der Waals surface area contributed by atoms with Gasteiger partial charge < -0.3 is 15.2 Å². The molecule has 0 aromatic rings. The van der Waals surface area contributed by atoms with E-state index in [9.17, 15) is 5.21 Å². The maximum atomic E-state index is 11.1. The smallest absolute Gasteiger partial charge is 0.234 e. The first-order valence-corrected chi connectivity index (χ1v) is 4.81. The van der Waals surface area contributed by atoms with Crippen molar-refractivity contribution < 1.29 is 14.9 Å². The second kappa shape index (κ2) is 7.64. The van der Waals surface area contributed by atoms with Crippen LogP contribution < -0.4 is 0 Å². The Bertz CT molecular complexity index is 178. The van der Waals surface area contributed by atoms with E-state index in [1.807, 2.05) is 0 Å². The summed E-state index contributed by atoms with van der Waals surface area (Å²) in [5.74, 6) is 0. The number of rotatable bonds is 7. The van der Waals surface area contributed by atoms with Crippen molar-refractivity contribution in [3.8, 4) is 0 Å². The monoisotopic (exact) mass is 225 g/mol. The molecule has 0 rings (SSSR count). The van der Waals surface area contributed by atoms with Gasteiger partial charge in [-0.05, 0) is 19.8 Å². The van der Waals surface area contributed by atoms with Crippen molar-refractivity contribution in [3.63, 3.8) is 0 Å². The van der Waals surface area contributed by atoms with Crippen LogP contribution in [0.25, 0.3) is 0 Å². The largest absolute Gasteiger partial charge is 0.569 e. The van der Waals surface area contributed by atoms with Gasteiger partial charge in [0.25, 0.3) is 0 Å². The summed E-state index contributed by atoms with van der Waals surface area (Å²) in [6.45, 7) is 2.19. The van der Waals surface area contributed by atoms with Crippen LogP contribution in [0.4, 0.5) is 0 Å². The van der Waals surface area contributed by atoms with Gasteiger partial charge in [-0.25, -0.2) is 0 Å². The molecular weight excluding hydrogens is 210 g/mol. The average Bonchev–Trinajstić information content (AvgIpc) is 2.14. The number of halogens is 1. The normalized spacial score (nSPS) is 13.9. The van der Waals surface area contributed by atoms with Gasteiger partial charge in [0.1, 0.15) is 0 Å². The first-order valence-electron chi connectivity index (χ1n) is 4.38. The quantitative estimate of drug-likeness (QED) is 0.231. The summed E-state index contributed by atoms with van der Waals surface area (Å²) >= 11 is 5.42. The average molecular weight is 226 g/mol. The Morgan fingerprint density at radius 3 is 2.79 bits per heavy atom. The van der Waals surface area contributed by atoms with Crippen LogP contribution in [-0.4, -0.2) is 40.8 Å². The summed E-state index contributed by atoms with van der Waals surface area (Å²) < 4.78 is 0. The highest BCUT2D eigenvalue weighted by Gasteiger charge is 2.06. The number of alkyl halides is 1. The standard InChI is InChI=1S/C7H16ClN3O3/c1-7(8)14-9-11(13)10(2)5-3-4-6-12/h7,12H,3-6H2,1-2H3/b11-9-. The summed E-state index contributed by atoms with van der Waals surface area (Å²) in [7, 11) is 1.58. The third-order valence-electron chi connectivity index (χ3n) is 1.44. The number of hydrogen-bond donors (Lipinski definition) is 1. The van der Waals surface area contributed by atoms with Gasteiger partial charge in [-0.2, -0.15) is 0 Å². The van der Waals surface area contributed by atoms with Crippen LogP contribution >= 0.6 is 11.6 Å². The van der Waals surface area contributed by atoms with Crippen molar-refractivity contribution in [1.82, 2.24) is 5.01 Å². The minimum atomic E-state index is -0.628. The predicted molar refractivity (Wildman–Crippen MR) is 51.4 cm³/mol. The predicted octanol–water partition coefficient (Wildman–Crippen LogP) is 1.08. The molecule has 0 aliphatic rings. The molecule has 0 aliphatic carbocycles. The van der Waals surface area contributed by atoms with Gasteiger partial charge in [-0.15, -0.1) is 5.01 Å². The van der Waals surface area contributed by atoms with E-state index >= 15 is 0 Å². The van der Waals surface area contributed by atoms with Crippen molar-refractivity contribution >= 4 is 11.6 Å². The summed E-state index contributed by atoms with van der Waals surface area (Å²) in [5.41, 5.74) is -0.628. The SMILES string of the molecule is CC(Cl)O/N=[N+](\[O-])N(C)CCCCO. The molecule has 0 aromatic carbocycles. The summed E-state index contributed by atoms with van der Waals surface area (Å²) in [5, 5.41) is 24.1. The number of aliphatic hydroxyl groups is 1. The minimum Gasteiger partial charge on any atom is -0.569 e. The zero-order valence-electron chi connectivity index (χ0n) is 8.39. The molecular formula is C7H16ClN3O3. The van der Waals surface area contributed by atoms with Crippen LogP contribution in [0, 0.1) is 5.21 Å². The number of hydrazine groups is 1. The van der Waals surface area contributed by atoms with E-state index < -0.39 is 5.56 Å². The molecule has 0 radical (unpaired) electrons. The lowest BCUT2D eigenvalue weighted by Crippen LogP contribution is -2.27. The minimum absolute atomic E-state index is 0.124. The van der Waals surface area contributed by atoms with Crippen molar-refractivity contribution in [2.45, 2.75) is 25.3 Å². The van der Waals surface area contributed by atoms with Crippen molar-refractivity contribution in [1.29, 1.82) is 0 Å². The van der Waals surface area contributed by atoms with E-state index in [0.29, 0.717) is 17.9 Å². The van der Waals surface area contributed by atoms with Gasteiger partial charge in [0.2, 0.25) is 10.8 Å². The fraction of sp³-hybridized carbons (Fsp3) is 1.00. The van der Waals surface area contributed by atoms with Gasteiger partial charge in [-0.3, -0.25) is 0 Å². The Kier molecular flexibility index (Phi) is 7.23. The molecule has 0 bridgehead atoms. The highest BCUT2D eigenvalue weighted by molar-refractivity contribution is 6.19. The molecule has 0 aromatic heterocycles. The van der Waals surface area contributed by atoms with Gasteiger partial charge >= 0.3 is 0 Å². The Labute approximate surface area is 88.2 Å². The third kappa shape index (κ3) is 6.73. The van der Waals surface area contributed by atoms with Gasteiger partial charge in [0.15, 0.2) is 0 Å². The maximum Gasteiger partial charge on any atom is 0.234 e. The molecule has 0 fully saturated rings. The lowest BCUT2D eigenvalue weighted by molar-refractivity contribution is -0.705. The summed E-state index contributed by atoms with van der Waals surface area (Å²) in [6, 6.07) is 0. The zero-order chi connectivity index (χ0) is 11.0. The molecule has 1 atom stereocenters. The lowest BCUT2D eigenvalue weighted by atomic mass is 10.3. The second-order valence-electron chi connectivity index (χ2n) is 2.79. The molecule has 0 saturated carbocycles. The van der Waals surface area contributed by atoms with Crippen LogP contribution in [0.3, 0.4) is 0 Å². The molecule has 1 unspecified atom stereocenters. The third-order valence-corrected chi connectivity index (χ3v) is 1.52.